The molecule has 1 radical (unpaired) electrons. The molecule has 0 aromatic heterocycles. The molecule has 1 rings (SSSR count). The van der Waals surface area contributed by atoms with Crippen molar-refractivity contribution in [3.05, 3.63) is 11.8 Å². The van der Waals surface area contributed by atoms with Gasteiger partial charge in [-0.05, 0) is 18.4 Å². The molecule has 1 aliphatic heterocycles. The van der Waals surface area contributed by atoms with Crippen LogP contribution < -0.4 is 5.43 Å². The van der Waals surface area contributed by atoms with Crippen molar-refractivity contribution in [1.82, 2.24) is 5.43 Å². The first-order valence-electron chi connectivity index (χ1n) is 9.35. The maximum absolute atomic E-state index is 3.86. The van der Waals surface area contributed by atoms with E-state index in [1.807, 2.05) is 12.4 Å². The van der Waals surface area contributed by atoms with Crippen LogP contribution in [-0.4, -0.2) is 6.21 Å². The Morgan fingerprint density at radius 3 is 1.57 bits per heavy atom. The van der Waals surface area contributed by atoms with Crippen LogP contribution in [-0.2, 0) is 0 Å². The molecule has 0 fully saturated rings. The van der Waals surface area contributed by atoms with E-state index in [2.05, 4.69) is 17.5 Å². The summed E-state index contributed by atoms with van der Waals surface area (Å²) < 4.78 is 0. The lowest BCUT2D eigenvalue weighted by Crippen LogP contribution is -1.85. The van der Waals surface area contributed by atoms with E-state index in [-0.39, 0.29) is 0 Å². The molecule has 2 heteroatoms. The fraction of sp³-hybridized carbons (Fsp3) is 0.842. The van der Waals surface area contributed by atoms with Gasteiger partial charge >= 0.3 is 0 Å². The highest BCUT2D eigenvalue weighted by atomic mass is 15.3. The zero-order chi connectivity index (χ0) is 15.0. The minimum absolute atomic E-state index is 1.16. The first-order chi connectivity index (χ1) is 10.4. The maximum Gasteiger partial charge on any atom is 0.0543 e. The molecule has 0 saturated heterocycles. The summed E-state index contributed by atoms with van der Waals surface area (Å²) in [6.07, 6.45) is 24.9. The third kappa shape index (κ3) is 11.5. The molecule has 0 aliphatic carbocycles. The standard InChI is InChI=1S/C19H35N2/c1-2-3-4-5-6-7-8-9-10-11-12-13-14-15-16-19-17-20-21-18-19/h17-18H,2-16H2,1H3. The monoisotopic (exact) mass is 291 g/mol. The lowest BCUT2D eigenvalue weighted by Gasteiger charge is -2.03. The van der Waals surface area contributed by atoms with E-state index in [1.165, 1.54) is 95.5 Å². The minimum Gasteiger partial charge on any atom is -0.159 e. The maximum atomic E-state index is 3.86. The second-order valence-electron chi connectivity index (χ2n) is 6.41. The minimum atomic E-state index is 1.16. The third-order valence-electron chi connectivity index (χ3n) is 4.33. The molecule has 21 heavy (non-hydrogen) atoms. The third-order valence-corrected chi connectivity index (χ3v) is 4.33. The van der Waals surface area contributed by atoms with Gasteiger partial charge in [0.05, 0.1) is 12.4 Å². The Kier molecular flexibility index (Phi) is 12.3. The number of allylic oxidation sites excluding steroid dienone is 1. The van der Waals surface area contributed by atoms with Crippen molar-refractivity contribution in [2.75, 3.05) is 0 Å². The molecule has 0 N–H and O–H groups in total. The van der Waals surface area contributed by atoms with Crippen LogP contribution >= 0.6 is 0 Å². The number of nitrogens with zero attached hydrogens (tertiary/aromatic N) is 2. The SMILES string of the molecule is CCCCCCCCCCCCCCCCC1=C[N]N=C1. The molecular weight excluding hydrogens is 256 g/mol. The predicted octanol–water partition coefficient (Wildman–Crippen LogP) is 6.35. The van der Waals surface area contributed by atoms with Crippen molar-refractivity contribution >= 4 is 6.21 Å². The predicted molar refractivity (Wildman–Crippen MR) is 93.6 cm³/mol. The Morgan fingerprint density at radius 2 is 1.14 bits per heavy atom. The highest BCUT2D eigenvalue weighted by molar-refractivity contribution is 5.79. The fourth-order valence-corrected chi connectivity index (χ4v) is 2.90. The first-order valence-corrected chi connectivity index (χ1v) is 9.35. The molecule has 0 aromatic carbocycles. The van der Waals surface area contributed by atoms with Crippen LogP contribution in [0.3, 0.4) is 0 Å². The van der Waals surface area contributed by atoms with Gasteiger partial charge in [0, 0.05) is 0 Å². The smallest absolute Gasteiger partial charge is 0.0543 e. The molecule has 1 aliphatic rings. The van der Waals surface area contributed by atoms with Crippen LogP contribution in [0.5, 0.6) is 0 Å². The fourth-order valence-electron chi connectivity index (χ4n) is 2.90. The lowest BCUT2D eigenvalue weighted by atomic mass is 10.0. The number of unbranched alkanes of at least 4 members (excludes halogenated alkanes) is 13. The van der Waals surface area contributed by atoms with Gasteiger partial charge in [-0.3, -0.25) is 0 Å². The molecular formula is C19H35N2. The summed E-state index contributed by atoms with van der Waals surface area (Å²) in [5.74, 6) is 0. The van der Waals surface area contributed by atoms with Gasteiger partial charge in [0.15, 0.2) is 0 Å². The molecule has 0 atom stereocenters. The zero-order valence-electron chi connectivity index (χ0n) is 14.2. The van der Waals surface area contributed by atoms with Gasteiger partial charge in [0.2, 0.25) is 0 Å². The van der Waals surface area contributed by atoms with Gasteiger partial charge in [-0.2, -0.15) is 10.5 Å². The second-order valence-corrected chi connectivity index (χ2v) is 6.41. The molecule has 121 valence electrons. The van der Waals surface area contributed by atoms with Crippen molar-refractivity contribution in [3.63, 3.8) is 0 Å². The van der Waals surface area contributed by atoms with E-state index < -0.39 is 0 Å². The van der Waals surface area contributed by atoms with Crippen LogP contribution in [0.15, 0.2) is 16.9 Å². The quantitative estimate of drug-likeness (QED) is 0.314. The molecule has 1 heterocycles. The van der Waals surface area contributed by atoms with Crippen LogP contribution in [0.4, 0.5) is 0 Å². The summed E-state index contributed by atoms with van der Waals surface area (Å²) in [6.45, 7) is 2.29. The van der Waals surface area contributed by atoms with Gasteiger partial charge in [-0.1, -0.05) is 90.4 Å². The summed E-state index contributed by atoms with van der Waals surface area (Å²) in [7, 11) is 0. The van der Waals surface area contributed by atoms with Gasteiger partial charge < -0.3 is 0 Å². The lowest BCUT2D eigenvalue weighted by molar-refractivity contribution is 0.536. The summed E-state index contributed by atoms with van der Waals surface area (Å²) in [5, 5.41) is 3.86. The first kappa shape index (κ1) is 18.3. The Morgan fingerprint density at radius 1 is 0.667 bits per heavy atom. The van der Waals surface area contributed by atoms with Crippen molar-refractivity contribution < 1.29 is 0 Å². The second kappa shape index (κ2) is 14.2. The average Bonchev–Trinajstić information content (AvgIpc) is 3.01. The van der Waals surface area contributed by atoms with Crippen molar-refractivity contribution in [1.29, 1.82) is 0 Å². The Labute approximate surface area is 132 Å². The van der Waals surface area contributed by atoms with Crippen LogP contribution in [0, 0.1) is 0 Å². The largest absolute Gasteiger partial charge is 0.159 e. The van der Waals surface area contributed by atoms with Crippen LogP contribution in [0.25, 0.3) is 0 Å². The van der Waals surface area contributed by atoms with E-state index in [4.69, 9.17) is 0 Å². The van der Waals surface area contributed by atoms with Gasteiger partial charge in [0.1, 0.15) is 0 Å². The average molecular weight is 292 g/mol. The highest BCUT2D eigenvalue weighted by Crippen LogP contribution is 2.14. The van der Waals surface area contributed by atoms with Crippen LogP contribution in [0.1, 0.15) is 103 Å². The van der Waals surface area contributed by atoms with Crippen LogP contribution in [0.2, 0.25) is 0 Å². The summed E-state index contributed by atoms with van der Waals surface area (Å²) in [5.41, 5.74) is 5.16. The van der Waals surface area contributed by atoms with Gasteiger partial charge in [0.25, 0.3) is 0 Å². The van der Waals surface area contributed by atoms with E-state index in [0.717, 1.165) is 6.42 Å². The normalized spacial score (nSPS) is 13.5. The summed E-state index contributed by atoms with van der Waals surface area (Å²) in [4.78, 5) is 0. The molecule has 0 unspecified atom stereocenters. The van der Waals surface area contributed by atoms with E-state index in [1.54, 1.807) is 0 Å². The molecule has 0 saturated carbocycles. The van der Waals surface area contributed by atoms with Crippen molar-refractivity contribution in [2.45, 2.75) is 103 Å². The Balaban J connectivity index is 1.68. The van der Waals surface area contributed by atoms with E-state index in [0.29, 0.717) is 0 Å². The zero-order valence-corrected chi connectivity index (χ0v) is 14.2. The van der Waals surface area contributed by atoms with E-state index in [9.17, 15) is 0 Å². The molecule has 0 spiro atoms. The van der Waals surface area contributed by atoms with Crippen molar-refractivity contribution in [3.8, 4) is 0 Å². The molecule has 0 aromatic rings. The van der Waals surface area contributed by atoms with Gasteiger partial charge in [-0.25, -0.2) is 0 Å². The van der Waals surface area contributed by atoms with E-state index >= 15 is 0 Å². The molecule has 2 nitrogen and oxygen atoms in total. The molecule has 0 amide bonds. The number of rotatable bonds is 15. The molecule has 0 bridgehead atoms. The topological polar surface area (TPSA) is 26.5 Å². The summed E-state index contributed by atoms with van der Waals surface area (Å²) >= 11 is 0. The summed E-state index contributed by atoms with van der Waals surface area (Å²) in [6, 6.07) is 0. The van der Waals surface area contributed by atoms with Gasteiger partial charge in [-0.15, -0.1) is 0 Å². The highest BCUT2D eigenvalue weighted by Gasteiger charge is 1.99. The number of hydrogen-bond donors (Lipinski definition) is 0. The number of hydrogen-bond acceptors (Lipinski definition) is 1. The Hall–Kier alpha value is -0.790. The Bertz CT molecular complexity index is 281. The van der Waals surface area contributed by atoms with Crippen molar-refractivity contribution in [2.24, 2.45) is 5.10 Å².